The van der Waals surface area contributed by atoms with Crippen LogP contribution in [-0.2, 0) is 0 Å². The fourth-order valence-corrected chi connectivity index (χ4v) is 7.21. The van der Waals surface area contributed by atoms with Gasteiger partial charge in [0.05, 0.1) is 0 Å². The molecule has 0 saturated heterocycles. The van der Waals surface area contributed by atoms with Gasteiger partial charge in [-0.25, -0.2) is 15.0 Å². The van der Waals surface area contributed by atoms with Crippen LogP contribution in [0.3, 0.4) is 0 Å². The van der Waals surface area contributed by atoms with Crippen LogP contribution < -0.4 is 0 Å². The van der Waals surface area contributed by atoms with E-state index in [1.54, 1.807) is 0 Å². The summed E-state index contributed by atoms with van der Waals surface area (Å²) in [5.74, 6) is 1.83. The van der Waals surface area contributed by atoms with Gasteiger partial charge in [-0.3, -0.25) is 0 Å². The van der Waals surface area contributed by atoms with Crippen LogP contribution >= 0.6 is 0 Å². The minimum Gasteiger partial charge on any atom is -0.456 e. The summed E-state index contributed by atoms with van der Waals surface area (Å²) in [5, 5.41) is 4.63. The van der Waals surface area contributed by atoms with Gasteiger partial charge >= 0.3 is 0 Å². The van der Waals surface area contributed by atoms with Gasteiger partial charge < -0.3 is 4.42 Å². The Morgan fingerprint density at radius 2 is 0.811 bits per heavy atom. The van der Waals surface area contributed by atoms with Gasteiger partial charge in [-0.05, 0) is 68.4 Å². The molecule has 0 N–H and O–H groups in total. The van der Waals surface area contributed by atoms with E-state index in [1.807, 2.05) is 48.5 Å². The average molecular weight is 678 g/mol. The van der Waals surface area contributed by atoms with Crippen molar-refractivity contribution >= 4 is 32.7 Å². The summed E-state index contributed by atoms with van der Waals surface area (Å²) < 4.78 is 6.52. The number of aromatic nitrogens is 3. The first-order chi connectivity index (χ1) is 26.2. The maximum Gasteiger partial charge on any atom is 0.164 e. The van der Waals surface area contributed by atoms with E-state index in [-0.39, 0.29) is 0 Å². The van der Waals surface area contributed by atoms with Crippen LogP contribution in [0.15, 0.2) is 192 Å². The molecule has 0 aliphatic rings. The molecule has 4 heteroatoms. The first-order valence-corrected chi connectivity index (χ1v) is 17.8. The van der Waals surface area contributed by atoms with Crippen molar-refractivity contribution in [1.29, 1.82) is 0 Å². The fraction of sp³-hybridized carbons (Fsp3) is 0. The van der Waals surface area contributed by atoms with Crippen molar-refractivity contribution in [2.24, 2.45) is 0 Å². The van der Waals surface area contributed by atoms with E-state index >= 15 is 0 Å². The second-order valence-electron chi connectivity index (χ2n) is 13.2. The van der Waals surface area contributed by atoms with Crippen LogP contribution in [0.5, 0.6) is 0 Å². The quantitative estimate of drug-likeness (QED) is 0.176. The van der Waals surface area contributed by atoms with Crippen molar-refractivity contribution in [2.45, 2.75) is 0 Å². The highest BCUT2D eigenvalue weighted by molar-refractivity contribution is 6.13. The zero-order valence-corrected chi connectivity index (χ0v) is 28.6. The van der Waals surface area contributed by atoms with Crippen LogP contribution in [0.1, 0.15) is 0 Å². The Balaban J connectivity index is 1.03. The van der Waals surface area contributed by atoms with Crippen LogP contribution in [-0.4, -0.2) is 15.0 Å². The molecule has 0 saturated carbocycles. The summed E-state index contributed by atoms with van der Waals surface area (Å²) in [4.78, 5) is 14.9. The lowest BCUT2D eigenvalue weighted by molar-refractivity contribution is 0.669. The van der Waals surface area contributed by atoms with E-state index < -0.39 is 0 Å². The van der Waals surface area contributed by atoms with E-state index in [0.29, 0.717) is 17.5 Å². The van der Waals surface area contributed by atoms with Crippen LogP contribution in [0.2, 0.25) is 0 Å². The first-order valence-electron chi connectivity index (χ1n) is 17.8. The molecule has 0 amide bonds. The maximum absolute atomic E-state index is 6.52. The van der Waals surface area contributed by atoms with E-state index in [9.17, 15) is 0 Å². The first kappa shape index (κ1) is 30.6. The van der Waals surface area contributed by atoms with Crippen molar-refractivity contribution in [3.63, 3.8) is 0 Å². The molecule has 10 rings (SSSR count). The molecule has 0 fully saturated rings. The Kier molecular flexibility index (Phi) is 7.43. The highest BCUT2D eigenvalue weighted by Crippen LogP contribution is 2.39. The lowest BCUT2D eigenvalue weighted by Gasteiger charge is -2.09. The summed E-state index contributed by atoms with van der Waals surface area (Å²) in [6.45, 7) is 0. The maximum atomic E-state index is 6.52. The molecule has 0 atom stereocenters. The average Bonchev–Trinajstić information content (AvgIpc) is 3.62. The number of hydrogen-bond donors (Lipinski definition) is 0. The summed E-state index contributed by atoms with van der Waals surface area (Å²) in [7, 11) is 0. The lowest BCUT2D eigenvalue weighted by atomic mass is 9.96. The van der Waals surface area contributed by atoms with Gasteiger partial charge in [-0.15, -0.1) is 0 Å². The van der Waals surface area contributed by atoms with Crippen molar-refractivity contribution < 1.29 is 4.42 Å². The van der Waals surface area contributed by atoms with Gasteiger partial charge in [-0.2, -0.15) is 0 Å². The molecule has 248 valence electrons. The van der Waals surface area contributed by atoms with Gasteiger partial charge in [0.1, 0.15) is 11.2 Å². The molecule has 0 radical (unpaired) electrons. The minimum absolute atomic E-state index is 0.591. The Morgan fingerprint density at radius 1 is 0.302 bits per heavy atom. The Morgan fingerprint density at radius 3 is 1.53 bits per heavy atom. The van der Waals surface area contributed by atoms with Gasteiger partial charge in [0, 0.05) is 27.5 Å². The number of furan rings is 1. The summed E-state index contributed by atoms with van der Waals surface area (Å²) >= 11 is 0. The number of hydrogen-bond acceptors (Lipinski definition) is 4. The molecular weight excluding hydrogens is 647 g/mol. The molecular formula is C49H31N3O. The molecule has 8 aromatic carbocycles. The minimum atomic E-state index is 0.591. The third-order valence-electron chi connectivity index (χ3n) is 9.95. The number of rotatable bonds is 6. The summed E-state index contributed by atoms with van der Waals surface area (Å²) in [5.41, 5.74) is 11.3. The van der Waals surface area contributed by atoms with E-state index in [1.165, 1.54) is 27.5 Å². The molecule has 0 unspecified atom stereocenters. The van der Waals surface area contributed by atoms with Crippen LogP contribution in [0, 0.1) is 0 Å². The van der Waals surface area contributed by atoms with Crippen molar-refractivity contribution in [3.8, 4) is 67.5 Å². The topological polar surface area (TPSA) is 51.8 Å². The predicted octanol–water partition coefficient (Wildman–Crippen LogP) is 12.9. The molecule has 0 spiro atoms. The third kappa shape index (κ3) is 5.73. The predicted molar refractivity (Wildman–Crippen MR) is 217 cm³/mol. The number of benzene rings is 8. The highest BCUT2D eigenvalue weighted by Gasteiger charge is 2.17. The molecule has 10 aromatic rings. The summed E-state index contributed by atoms with van der Waals surface area (Å²) in [6.07, 6.45) is 0. The van der Waals surface area contributed by atoms with E-state index in [0.717, 1.165) is 55.3 Å². The van der Waals surface area contributed by atoms with Crippen molar-refractivity contribution in [1.82, 2.24) is 15.0 Å². The number of nitrogens with zero attached hydrogens (tertiary/aromatic N) is 3. The van der Waals surface area contributed by atoms with Crippen LogP contribution in [0.25, 0.3) is 100 Å². The zero-order chi connectivity index (χ0) is 35.1. The second-order valence-corrected chi connectivity index (χ2v) is 13.2. The summed E-state index contributed by atoms with van der Waals surface area (Å²) in [6, 6.07) is 65.3. The Labute approximate surface area is 306 Å². The normalized spacial score (nSPS) is 11.4. The molecule has 2 heterocycles. The van der Waals surface area contributed by atoms with E-state index in [2.05, 4.69) is 140 Å². The SMILES string of the molecule is c1ccc(-c2ccc(-c3nc(-c4ccccc4)nc(-c4ccc5c(c4)oc4cccc(-c6ccc(-c7ccc8ccccc8c7)cc6)c45)n3)cc2)cc1. The second kappa shape index (κ2) is 12.9. The molecule has 0 aliphatic heterocycles. The van der Waals surface area contributed by atoms with Gasteiger partial charge in [0.2, 0.25) is 0 Å². The van der Waals surface area contributed by atoms with Gasteiger partial charge in [0.15, 0.2) is 17.5 Å². The molecule has 0 bridgehead atoms. The number of fused-ring (bicyclic) bond motifs is 4. The lowest BCUT2D eigenvalue weighted by Crippen LogP contribution is -2.00. The van der Waals surface area contributed by atoms with Gasteiger partial charge in [-0.1, -0.05) is 164 Å². The van der Waals surface area contributed by atoms with Crippen LogP contribution in [0.4, 0.5) is 0 Å². The highest BCUT2D eigenvalue weighted by atomic mass is 16.3. The van der Waals surface area contributed by atoms with Gasteiger partial charge in [0.25, 0.3) is 0 Å². The molecule has 2 aromatic heterocycles. The zero-order valence-electron chi connectivity index (χ0n) is 28.6. The molecule has 4 nitrogen and oxygen atoms in total. The van der Waals surface area contributed by atoms with E-state index in [4.69, 9.17) is 19.4 Å². The third-order valence-corrected chi connectivity index (χ3v) is 9.95. The molecule has 0 aliphatic carbocycles. The molecule has 53 heavy (non-hydrogen) atoms. The fourth-order valence-electron chi connectivity index (χ4n) is 7.21. The Bertz CT molecular complexity index is 2910. The largest absolute Gasteiger partial charge is 0.456 e. The monoisotopic (exact) mass is 677 g/mol. The smallest absolute Gasteiger partial charge is 0.164 e. The van der Waals surface area contributed by atoms with Crippen molar-refractivity contribution in [2.75, 3.05) is 0 Å². The van der Waals surface area contributed by atoms with Crippen molar-refractivity contribution in [3.05, 3.63) is 188 Å². The standard InChI is InChI=1S/C49H31N3O/c1-3-10-32(11-4-1)34-20-25-38(26-21-34)48-50-47(37-13-5-2-6-14-37)51-49(52-48)41-28-29-43-45(31-41)53-44-17-9-16-42(46(43)44)36-23-18-35(19-24-36)40-27-22-33-12-7-8-15-39(33)30-40/h1-31H. The Hall–Kier alpha value is -7.17.